The highest BCUT2D eigenvalue weighted by molar-refractivity contribution is 5.74. The molecule has 2 fully saturated rings. The largest absolute Gasteiger partial charge is 0.335 e. The zero-order valence-electron chi connectivity index (χ0n) is 8.75. The maximum absolute atomic E-state index is 11.4. The molecule has 0 spiro atoms. The Morgan fingerprint density at radius 1 is 1.21 bits per heavy atom. The van der Waals surface area contributed by atoms with Crippen LogP contribution in [0.5, 0.6) is 0 Å². The van der Waals surface area contributed by atoms with Gasteiger partial charge in [-0.2, -0.15) is 0 Å². The Morgan fingerprint density at radius 3 is 2.57 bits per heavy atom. The minimum absolute atomic E-state index is 0.0211. The van der Waals surface area contributed by atoms with Crippen molar-refractivity contribution < 1.29 is 4.79 Å². The van der Waals surface area contributed by atoms with Crippen LogP contribution in [0.2, 0.25) is 0 Å². The first kappa shape index (κ1) is 9.77. The summed E-state index contributed by atoms with van der Waals surface area (Å²) in [7, 11) is 2.10. The van der Waals surface area contributed by atoms with Gasteiger partial charge >= 0.3 is 6.03 Å². The van der Waals surface area contributed by atoms with Gasteiger partial charge in [-0.05, 0) is 39.3 Å². The molecule has 2 rings (SSSR count). The first-order valence-electron chi connectivity index (χ1n) is 5.49. The van der Waals surface area contributed by atoms with E-state index >= 15 is 0 Å². The summed E-state index contributed by atoms with van der Waals surface area (Å²) in [6.45, 7) is 2.14. The van der Waals surface area contributed by atoms with Gasteiger partial charge in [0.25, 0.3) is 0 Å². The van der Waals surface area contributed by atoms with E-state index in [1.165, 1.54) is 6.42 Å². The van der Waals surface area contributed by atoms with E-state index in [1.54, 1.807) is 0 Å². The molecule has 14 heavy (non-hydrogen) atoms. The minimum Gasteiger partial charge on any atom is -0.335 e. The molecule has 0 aromatic carbocycles. The van der Waals surface area contributed by atoms with Gasteiger partial charge in [0.15, 0.2) is 0 Å². The lowest BCUT2D eigenvalue weighted by Crippen LogP contribution is -2.49. The molecule has 1 saturated heterocycles. The Hall–Kier alpha value is -0.770. The monoisotopic (exact) mass is 197 g/mol. The zero-order chi connectivity index (χ0) is 9.97. The Labute approximate surface area is 85.0 Å². The minimum atomic E-state index is 0.0211. The van der Waals surface area contributed by atoms with Crippen LogP contribution in [-0.2, 0) is 0 Å². The quantitative estimate of drug-likeness (QED) is 0.678. The van der Waals surface area contributed by atoms with Crippen molar-refractivity contribution in [3.63, 3.8) is 0 Å². The lowest BCUT2D eigenvalue weighted by molar-refractivity contribution is 0.209. The summed E-state index contributed by atoms with van der Waals surface area (Å²) in [6, 6.07) is 0.816. The van der Waals surface area contributed by atoms with Crippen LogP contribution in [0.25, 0.3) is 0 Å². The van der Waals surface area contributed by atoms with E-state index in [4.69, 9.17) is 0 Å². The van der Waals surface area contributed by atoms with Crippen molar-refractivity contribution in [1.82, 2.24) is 15.5 Å². The number of nitrogens with one attached hydrogen (secondary N) is 2. The molecule has 0 radical (unpaired) electrons. The summed E-state index contributed by atoms with van der Waals surface area (Å²) in [4.78, 5) is 13.7. The molecule has 1 atom stereocenters. The lowest BCUT2D eigenvalue weighted by Gasteiger charge is -2.30. The van der Waals surface area contributed by atoms with Gasteiger partial charge in [-0.1, -0.05) is 0 Å². The number of hydrogen-bond donors (Lipinski definition) is 2. The van der Waals surface area contributed by atoms with Crippen LogP contribution in [0, 0.1) is 0 Å². The molecule has 0 bridgehead atoms. The highest BCUT2D eigenvalue weighted by Gasteiger charge is 2.25. The number of carbonyl (C=O) groups excluding carboxylic acids is 1. The Kier molecular flexibility index (Phi) is 2.91. The normalized spacial score (nSPS) is 28.5. The van der Waals surface area contributed by atoms with Gasteiger partial charge in [0.05, 0.1) is 0 Å². The van der Waals surface area contributed by atoms with E-state index < -0.39 is 0 Å². The fourth-order valence-electron chi connectivity index (χ4n) is 1.92. The van der Waals surface area contributed by atoms with Crippen molar-refractivity contribution >= 4 is 6.03 Å². The van der Waals surface area contributed by atoms with E-state index in [9.17, 15) is 4.79 Å². The number of hydrogen-bond acceptors (Lipinski definition) is 2. The van der Waals surface area contributed by atoms with E-state index in [-0.39, 0.29) is 6.03 Å². The van der Waals surface area contributed by atoms with Crippen molar-refractivity contribution in [3.8, 4) is 0 Å². The SMILES string of the molecule is CN1CCCC(NC(=O)NC2CC2)C1. The molecule has 1 unspecified atom stereocenters. The van der Waals surface area contributed by atoms with Gasteiger partial charge in [-0.25, -0.2) is 4.79 Å². The number of likely N-dealkylation sites (N-methyl/N-ethyl adjacent to an activating group) is 1. The fourth-order valence-corrected chi connectivity index (χ4v) is 1.92. The summed E-state index contributed by atoms with van der Waals surface area (Å²) < 4.78 is 0. The average molecular weight is 197 g/mol. The number of urea groups is 1. The first-order chi connectivity index (χ1) is 6.74. The van der Waals surface area contributed by atoms with Gasteiger partial charge in [0, 0.05) is 18.6 Å². The highest BCUT2D eigenvalue weighted by atomic mass is 16.2. The summed E-state index contributed by atoms with van der Waals surface area (Å²) in [6.07, 6.45) is 4.60. The summed E-state index contributed by atoms with van der Waals surface area (Å²) >= 11 is 0. The van der Waals surface area contributed by atoms with Gasteiger partial charge in [0.1, 0.15) is 0 Å². The second-order valence-corrected chi connectivity index (χ2v) is 4.49. The third-order valence-electron chi connectivity index (χ3n) is 2.87. The van der Waals surface area contributed by atoms with Crippen LogP contribution in [0.4, 0.5) is 4.79 Å². The van der Waals surface area contributed by atoms with E-state index in [2.05, 4.69) is 22.6 Å². The van der Waals surface area contributed by atoms with E-state index in [1.807, 2.05) is 0 Å². The number of carbonyl (C=O) groups is 1. The zero-order valence-corrected chi connectivity index (χ0v) is 8.75. The van der Waals surface area contributed by atoms with Crippen LogP contribution >= 0.6 is 0 Å². The number of piperidine rings is 1. The van der Waals surface area contributed by atoms with Gasteiger partial charge in [-0.15, -0.1) is 0 Å². The molecule has 80 valence electrons. The van der Waals surface area contributed by atoms with Crippen LogP contribution in [0.1, 0.15) is 25.7 Å². The van der Waals surface area contributed by atoms with E-state index in [0.29, 0.717) is 12.1 Å². The number of amides is 2. The Morgan fingerprint density at radius 2 is 1.93 bits per heavy atom. The van der Waals surface area contributed by atoms with Crippen molar-refractivity contribution in [2.45, 2.75) is 37.8 Å². The molecular formula is C10H19N3O. The molecule has 1 aliphatic carbocycles. The van der Waals surface area contributed by atoms with Crippen molar-refractivity contribution in [3.05, 3.63) is 0 Å². The molecule has 1 aliphatic heterocycles. The smallest absolute Gasteiger partial charge is 0.315 e. The molecule has 0 aromatic rings. The van der Waals surface area contributed by atoms with Crippen LogP contribution in [-0.4, -0.2) is 43.2 Å². The average Bonchev–Trinajstić information content (AvgIpc) is 2.87. The third kappa shape index (κ3) is 2.87. The Balaban J connectivity index is 1.69. The molecule has 2 N–H and O–H groups in total. The number of likely N-dealkylation sites (tertiary alicyclic amines) is 1. The second-order valence-electron chi connectivity index (χ2n) is 4.49. The number of rotatable bonds is 2. The molecule has 1 saturated carbocycles. The third-order valence-corrected chi connectivity index (χ3v) is 2.87. The molecule has 4 nitrogen and oxygen atoms in total. The van der Waals surface area contributed by atoms with E-state index in [0.717, 1.165) is 32.4 Å². The first-order valence-corrected chi connectivity index (χ1v) is 5.49. The predicted octanol–water partition coefficient (Wildman–Crippen LogP) is 0.542. The molecule has 1 heterocycles. The van der Waals surface area contributed by atoms with Crippen LogP contribution in [0.3, 0.4) is 0 Å². The highest BCUT2D eigenvalue weighted by Crippen LogP contribution is 2.18. The molecule has 4 heteroatoms. The van der Waals surface area contributed by atoms with Gasteiger partial charge in [-0.3, -0.25) is 0 Å². The predicted molar refractivity (Wildman–Crippen MR) is 55.2 cm³/mol. The summed E-state index contributed by atoms with van der Waals surface area (Å²) in [5.74, 6) is 0. The molecule has 2 aliphatic rings. The van der Waals surface area contributed by atoms with Gasteiger partial charge in [0.2, 0.25) is 0 Å². The van der Waals surface area contributed by atoms with Crippen molar-refractivity contribution in [1.29, 1.82) is 0 Å². The fraction of sp³-hybridized carbons (Fsp3) is 0.900. The molecular weight excluding hydrogens is 178 g/mol. The summed E-state index contributed by atoms with van der Waals surface area (Å²) in [5, 5.41) is 5.98. The van der Waals surface area contributed by atoms with Crippen LogP contribution in [0.15, 0.2) is 0 Å². The topological polar surface area (TPSA) is 44.4 Å². The number of nitrogens with zero attached hydrogens (tertiary/aromatic N) is 1. The second kappa shape index (κ2) is 4.17. The van der Waals surface area contributed by atoms with Crippen molar-refractivity contribution in [2.75, 3.05) is 20.1 Å². The standard InChI is InChI=1S/C10H19N3O/c1-13-6-2-3-9(7-13)12-10(14)11-8-4-5-8/h8-9H,2-7H2,1H3,(H2,11,12,14). The maximum Gasteiger partial charge on any atom is 0.315 e. The lowest BCUT2D eigenvalue weighted by atomic mass is 10.1. The Bertz CT molecular complexity index is 215. The van der Waals surface area contributed by atoms with Crippen LogP contribution < -0.4 is 10.6 Å². The molecule has 2 amide bonds. The summed E-state index contributed by atoms with van der Waals surface area (Å²) in [5.41, 5.74) is 0. The van der Waals surface area contributed by atoms with Gasteiger partial charge < -0.3 is 15.5 Å². The molecule has 0 aromatic heterocycles. The maximum atomic E-state index is 11.4. The van der Waals surface area contributed by atoms with Crippen molar-refractivity contribution in [2.24, 2.45) is 0 Å².